The fourth-order valence-corrected chi connectivity index (χ4v) is 0. The van der Waals surface area contributed by atoms with E-state index in [0.29, 0.717) is 0 Å². The van der Waals surface area contributed by atoms with Crippen LogP contribution in [0.25, 0.3) is 0 Å². The summed E-state index contributed by atoms with van der Waals surface area (Å²) in [6.45, 7) is 3.20. The Morgan fingerprint density at radius 3 is 1.50 bits per heavy atom. The Balaban J connectivity index is 2.32. The molecule has 25 valence electrons. The van der Waals surface area contributed by atoms with Gasteiger partial charge < -0.3 is 4.11 Å². The molecule has 0 aromatic heterocycles. The standard InChI is InChI=1S/C2H6FSi/c1-4(2)3/h1-2H3. The van der Waals surface area contributed by atoms with Gasteiger partial charge in [0.1, 0.15) is 0 Å². The van der Waals surface area contributed by atoms with Crippen LogP contribution in [0, 0.1) is 0 Å². The van der Waals surface area contributed by atoms with Crippen molar-refractivity contribution in [1.29, 1.82) is 0 Å². The number of rotatable bonds is 0. The van der Waals surface area contributed by atoms with Crippen LogP contribution in [0.2, 0.25) is 13.1 Å². The van der Waals surface area contributed by atoms with Gasteiger partial charge >= 0.3 is 0 Å². The summed E-state index contributed by atoms with van der Waals surface area (Å²) in [5.74, 6) is 0. The van der Waals surface area contributed by atoms with E-state index < -0.39 is 9.13 Å². The summed E-state index contributed by atoms with van der Waals surface area (Å²) < 4.78 is 11.1. The summed E-state index contributed by atoms with van der Waals surface area (Å²) in [4.78, 5) is 0. The molecule has 0 N–H and O–H groups in total. The molecule has 0 nitrogen and oxygen atoms in total. The van der Waals surface area contributed by atoms with Crippen molar-refractivity contribution in [2.75, 3.05) is 0 Å². The van der Waals surface area contributed by atoms with E-state index in [1.807, 2.05) is 0 Å². The summed E-state index contributed by atoms with van der Waals surface area (Å²) in [7, 11) is -1.38. The molecule has 0 amide bonds. The van der Waals surface area contributed by atoms with Gasteiger partial charge in [0.2, 0.25) is 0 Å². The van der Waals surface area contributed by atoms with E-state index in [1.54, 1.807) is 13.1 Å². The Bertz CT molecular complexity index is 10.8. The first kappa shape index (κ1) is 4.15. The maximum Gasteiger partial charge on any atom is 0.264 e. The molecule has 1 radical (unpaired) electrons. The van der Waals surface area contributed by atoms with Gasteiger partial charge in [0.25, 0.3) is 9.13 Å². The zero-order valence-corrected chi connectivity index (χ0v) is 3.88. The molecular weight excluding hydrogens is 71.1 g/mol. The highest BCUT2D eigenvalue weighted by Gasteiger charge is 1.81. The average Bonchev–Trinajstić information content (AvgIpc) is 0.811. The van der Waals surface area contributed by atoms with Crippen LogP contribution in [0.15, 0.2) is 0 Å². The monoisotopic (exact) mass is 77.0 g/mol. The van der Waals surface area contributed by atoms with Gasteiger partial charge in [0.15, 0.2) is 0 Å². The highest BCUT2D eigenvalue weighted by atomic mass is 28.3. The second-order valence-electron chi connectivity index (χ2n) is 0.878. The molecule has 0 fully saturated rings. The van der Waals surface area contributed by atoms with Gasteiger partial charge in [-0.25, -0.2) is 0 Å². The third-order valence-corrected chi connectivity index (χ3v) is 0. The molecule has 2 heteroatoms. The lowest BCUT2D eigenvalue weighted by Gasteiger charge is -1.68. The first-order valence-electron chi connectivity index (χ1n) is 1.19. The van der Waals surface area contributed by atoms with E-state index in [2.05, 4.69) is 0 Å². The van der Waals surface area contributed by atoms with Crippen molar-refractivity contribution in [2.24, 2.45) is 0 Å². The Labute approximate surface area is 27.4 Å². The summed E-state index contributed by atoms with van der Waals surface area (Å²) in [6, 6.07) is 0. The van der Waals surface area contributed by atoms with Gasteiger partial charge in [-0.05, 0) is 13.1 Å². The molecule has 0 aliphatic carbocycles. The maximum absolute atomic E-state index is 11.1. The summed E-state index contributed by atoms with van der Waals surface area (Å²) >= 11 is 0. The molecule has 0 aromatic carbocycles. The van der Waals surface area contributed by atoms with E-state index >= 15 is 0 Å². The Morgan fingerprint density at radius 1 is 1.50 bits per heavy atom. The minimum Gasteiger partial charge on any atom is -0.315 e. The van der Waals surface area contributed by atoms with E-state index in [9.17, 15) is 4.11 Å². The lowest BCUT2D eigenvalue weighted by molar-refractivity contribution is 0.847. The van der Waals surface area contributed by atoms with E-state index in [0.717, 1.165) is 0 Å². The number of halogens is 1. The van der Waals surface area contributed by atoms with Crippen LogP contribution < -0.4 is 0 Å². The summed E-state index contributed by atoms with van der Waals surface area (Å²) in [6.07, 6.45) is 0. The van der Waals surface area contributed by atoms with Crippen molar-refractivity contribution < 1.29 is 4.11 Å². The Kier molecular flexibility index (Phi) is 1.52. The van der Waals surface area contributed by atoms with Crippen molar-refractivity contribution in [3.63, 3.8) is 0 Å². The molecular formula is C2H6FSi. The molecule has 0 spiro atoms. The molecule has 0 unspecified atom stereocenters. The largest absolute Gasteiger partial charge is 0.315 e. The molecule has 0 aromatic rings. The first-order chi connectivity index (χ1) is 1.73. The third kappa shape index (κ3) is 131. The van der Waals surface area contributed by atoms with Crippen LogP contribution in [0.1, 0.15) is 0 Å². The van der Waals surface area contributed by atoms with E-state index in [-0.39, 0.29) is 0 Å². The lowest BCUT2D eigenvalue weighted by atomic mass is 11.9. The molecule has 0 bridgehead atoms. The topological polar surface area (TPSA) is 0 Å². The predicted molar refractivity (Wildman–Crippen MR) is 18.6 cm³/mol. The predicted octanol–water partition coefficient (Wildman–Crippen LogP) is 1.21. The third-order valence-electron chi connectivity index (χ3n) is 0. The first-order valence-corrected chi connectivity index (χ1v) is 3.57. The summed E-state index contributed by atoms with van der Waals surface area (Å²) in [5.41, 5.74) is 0. The molecule has 0 atom stereocenters. The van der Waals surface area contributed by atoms with Crippen LogP contribution in [-0.4, -0.2) is 9.13 Å². The zero-order chi connectivity index (χ0) is 3.58. The quantitative estimate of drug-likeness (QED) is 0.301. The normalized spacial score (nSPS) is 9.00. The van der Waals surface area contributed by atoms with Crippen molar-refractivity contribution >= 4 is 9.13 Å². The lowest BCUT2D eigenvalue weighted by Crippen LogP contribution is -1.81. The fourth-order valence-electron chi connectivity index (χ4n) is 0. The maximum atomic E-state index is 11.1. The van der Waals surface area contributed by atoms with Gasteiger partial charge in [0.05, 0.1) is 0 Å². The van der Waals surface area contributed by atoms with Crippen LogP contribution in [0.4, 0.5) is 4.11 Å². The van der Waals surface area contributed by atoms with Crippen molar-refractivity contribution in [3.05, 3.63) is 0 Å². The second-order valence-corrected chi connectivity index (χ2v) is 2.63. The van der Waals surface area contributed by atoms with Crippen molar-refractivity contribution in [2.45, 2.75) is 13.1 Å². The van der Waals surface area contributed by atoms with Gasteiger partial charge in [-0.3, -0.25) is 0 Å². The van der Waals surface area contributed by atoms with Crippen LogP contribution in [-0.2, 0) is 0 Å². The molecule has 0 aliphatic rings. The van der Waals surface area contributed by atoms with Crippen LogP contribution >= 0.6 is 0 Å². The van der Waals surface area contributed by atoms with Gasteiger partial charge in [-0.1, -0.05) is 0 Å². The molecule has 0 saturated carbocycles. The van der Waals surface area contributed by atoms with Crippen LogP contribution in [0.5, 0.6) is 0 Å². The molecule has 0 heterocycles. The van der Waals surface area contributed by atoms with Gasteiger partial charge in [-0.2, -0.15) is 0 Å². The highest BCUT2D eigenvalue weighted by Crippen LogP contribution is 1.72. The van der Waals surface area contributed by atoms with E-state index in [4.69, 9.17) is 0 Å². The number of hydrogen-bond donors (Lipinski definition) is 0. The fraction of sp³-hybridized carbons (Fsp3) is 1.00. The molecule has 0 saturated heterocycles. The van der Waals surface area contributed by atoms with Crippen LogP contribution in [0.3, 0.4) is 0 Å². The summed E-state index contributed by atoms with van der Waals surface area (Å²) in [5, 5.41) is 0. The molecule has 0 aliphatic heterocycles. The minimum atomic E-state index is -1.38. The van der Waals surface area contributed by atoms with E-state index in [1.165, 1.54) is 0 Å². The Hall–Kier alpha value is 0.147. The van der Waals surface area contributed by atoms with Crippen molar-refractivity contribution in [3.8, 4) is 0 Å². The smallest absolute Gasteiger partial charge is 0.264 e. The highest BCUT2D eigenvalue weighted by molar-refractivity contribution is 6.47. The zero-order valence-electron chi connectivity index (χ0n) is 2.88. The SMILES string of the molecule is C[Si](C)F. The van der Waals surface area contributed by atoms with Crippen molar-refractivity contribution in [1.82, 2.24) is 0 Å². The van der Waals surface area contributed by atoms with Gasteiger partial charge in [-0.15, -0.1) is 0 Å². The Morgan fingerprint density at radius 2 is 1.50 bits per heavy atom. The average molecular weight is 77.2 g/mol. The number of hydrogen-bond acceptors (Lipinski definition) is 0. The van der Waals surface area contributed by atoms with Gasteiger partial charge in [0, 0.05) is 0 Å². The molecule has 4 heavy (non-hydrogen) atoms. The minimum absolute atomic E-state index is 1.38. The molecule has 0 rings (SSSR count). The second kappa shape index (κ2) is 1.46.